The Morgan fingerprint density at radius 3 is 1.19 bits per heavy atom. The van der Waals surface area contributed by atoms with Crippen LogP contribution in [0.15, 0.2) is 0 Å². The summed E-state index contributed by atoms with van der Waals surface area (Å²) < 4.78 is 0. The Bertz CT molecular complexity index is 270. The van der Waals surface area contributed by atoms with E-state index >= 15 is 0 Å². The molecule has 0 aliphatic heterocycles. The number of carboxylic acid groups (broad SMARTS) is 1. The monoisotopic (exact) mass is 304 g/mol. The van der Waals surface area contributed by atoms with Crippen molar-refractivity contribution in [2.75, 3.05) is 0 Å². The SMILES string of the molecule is CC(C)(C)C(=O)O.CCCC(C)(C)OOC(C)(C)CCC. The number of aliphatic carboxylic acids is 1. The Morgan fingerprint density at radius 2 is 1.05 bits per heavy atom. The zero-order chi connectivity index (χ0) is 17.3. The molecule has 21 heavy (non-hydrogen) atoms. The molecule has 0 aromatic heterocycles. The van der Waals surface area contributed by atoms with Gasteiger partial charge in [-0.2, -0.15) is 0 Å². The van der Waals surface area contributed by atoms with Crippen molar-refractivity contribution < 1.29 is 19.7 Å². The summed E-state index contributed by atoms with van der Waals surface area (Å²) in [4.78, 5) is 21.0. The van der Waals surface area contributed by atoms with Gasteiger partial charge in [0.15, 0.2) is 0 Å². The highest BCUT2D eigenvalue weighted by Gasteiger charge is 2.25. The smallest absolute Gasteiger partial charge is 0.308 e. The molecule has 4 nitrogen and oxygen atoms in total. The fraction of sp³-hybridized carbons (Fsp3) is 0.941. The molecular formula is C17H36O4. The normalized spacial score (nSPS) is 12.6. The first kappa shape index (κ1) is 22.7. The Kier molecular flexibility index (Phi) is 10.2. The minimum atomic E-state index is -0.757. The molecule has 0 saturated carbocycles. The molecule has 0 aromatic rings. The van der Waals surface area contributed by atoms with E-state index in [-0.39, 0.29) is 11.2 Å². The molecule has 1 N–H and O–H groups in total. The molecule has 128 valence electrons. The Balaban J connectivity index is 0. The second-order valence-electron chi connectivity index (χ2n) is 7.74. The Hall–Kier alpha value is -0.610. The minimum absolute atomic E-state index is 0.167. The highest BCUT2D eigenvalue weighted by Crippen LogP contribution is 2.23. The number of hydrogen-bond donors (Lipinski definition) is 1. The van der Waals surface area contributed by atoms with Gasteiger partial charge < -0.3 is 5.11 Å². The molecule has 0 heterocycles. The highest BCUT2D eigenvalue weighted by molar-refractivity contribution is 5.72. The molecule has 0 atom stereocenters. The van der Waals surface area contributed by atoms with Crippen molar-refractivity contribution in [3.8, 4) is 0 Å². The zero-order valence-electron chi connectivity index (χ0n) is 15.5. The van der Waals surface area contributed by atoms with Crippen molar-refractivity contribution in [2.45, 2.75) is 99.2 Å². The third-order valence-corrected chi connectivity index (χ3v) is 2.84. The molecule has 0 aliphatic carbocycles. The van der Waals surface area contributed by atoms with Crippen LogP contribution < -0.4 is 0 Å². The van der Waals surface area contributed by atoms with Crippen LogP contribution in [0, 0.1) is 5.41 Å². The van der Waals surface area contributed by atoms with Gasteiger partial charge in [0.05, 0.1) is 16.6 Å². The van der Waals surface area contributed by atoms with Crippen LogP contribution in [0.4, 0.5) is 0 Å². The summed E-state index contributed by atoms with van der Waals surface area (Å²) in [6.07, 6.45) is 4.28. The van der Waals surface area contributed by atoms with Gasteiger partial charge in [-0.05, 0) is 61.3 Å². The van der Waals surface area contributed by atoms with E-state index in [1.165, 1.54) is 0 Å². The Morgan fingerprint density at radius 1 is 0.810 bits per heavy atom. The lowest BCUT2D eigenvalue weighted by atomic mass is 9.98. The third kappa shape index (κ3) is 14.1. The maximum Gasteiger partial charge on any atom is 0.308 e. The second-order valence-corrected chi connectivity index (χ2v) is 7.74. The quantitative estimate of drug-likeness (QED) is 0.518. The van der Waals surface area contributed by atoms with Gasteiger partial charge in [-0.3, -0.25) is 4.79 Å². The van der Waals surface area contributed by atoms with Crippen molar-refractivity contribution in [2.24, 2.45) is 5.41 Å². The highest BCUT2D eigenvalue weighted by atomic mass is 17.2. The van der Waals surface area contributed by atoms with Gasteiger partial charge in [-0.15, -0.1) is 0 Å². The van der Waals surface area contributed by atoms with Gasteiger partial charge in [0.2, 0.25) is 0 Å². The number of rotatable bonds is 7. The molecule has 0 rings (SSSR count). The molecular weight excluding hydrogens is 268 g/mol. The van der Waals surface area contributed by atoms with E-state index in [9.17, 15) is 4.79 Å². The van der Waals surface area contributed by atoms with Crippen molar-refractivity contribution in [3.63, 3.8) is 0 Å². The summed E-state index contributed by atoms with van der Waals surface area (Å²) in [5.74, 6) is -0.757. The standard InChI is InChI=1S/C12H26O2.C5H10O2/c1-7-9-11(3,4)13-14-12(5,6)10-8-2;1-5(2,3)4(6)7/h7-10H2,1-6H3;1-3H3,(H,6,7). The maximum atomic E-state index is 10.0. The first-order chi connectivity index (χ1) is 9.27. The fourth-order valence-corrected chi connectivity index (χ4v) is 1.51. The lowest BCUT2D eigenvalue weighted by Crippen LogP contribution is -2.32. The summed E-state index contributed by atoms with van der Waals surface area (Å²) in [6.45, 7) is 17.6. The van der Waals surface area contributed by atoms with E-state index in [2.05, 4.69) is 41.5 Å². The predicted octanol–water partition coefficient (Wildman–Crippen LogP) is 5.21. The van der Waals surface area contributed by atoms with Gasteiger partial charge in [0.1, 0.15) is 0 Å². The fourth-order valence-electron chi connectivity index (χ4n) is 1.51. The lowest BCUT2D eigenvalue weighted by molar-refractivity contribution is -0.402. The van der Waals surface area contributed by atoms with Gasteiger partial charge in [-0.1, -0.05) is 26.7 Å². The Labute approximate surface area is 131 Å². The summed E-state index contributed by atoms with van der Waals surface area (Å²) >= 11 is 0. The van der Waals surface area contributed by atoms with Crippen molar-refractivity contribution in [1.29, 1.82) is 0 Å². The molecule has 0 aliphatic rings. The molecule has 0 fully saturated rings. The van der Waals surface area contributed by atoms with E-state index in [0.717, 1.165) is 25.7 Å². The zero-order valence-corrected chi connectivity index (χ0v) is 15.5. The van der Waals surface area contributed by atoms with Crippen LogP contribution in [0.1, 0.15) is 88.0 Å². The second kappa shape index (κ2) is 9.42. The molecule has 0 spiro atoms. The summed E-state index contributed by atoms with van der Waals surface area (Å²) in [5, 5.41) is 8.25. The number of carboxylic acids is 1. The van der Waals surface area contributed by atoms with Crippen LogP contribution in [0.5, 0.6) is 0 Å². The first-order valence-electron chi connectivity index (χ1n) is 7.87. The molecule has 4 heteroatoms. The van der Waals surface area contributed by atoms with E-state index in [0.29, 0.717) is 0 Å². The van der Waals surface area contributed by atoms with Crippen molar-refractivity contribution >= 4 is 5.97 Å². The molecule has 0 saturated heterocycles. The molecule has 0 radical (unpaired) electrons. The number of carbonyl (C=O) groups is 1. The van der Waals surface area contributed by atoms with Gasteiger partial charge >= 0.3 is 5.97 Å². The molecule has 0 unspecified atom stereocenters. The largest absolute Gasteiger partial charge is 0.481 e. The summed E-state index contributed by atoms with van der Waals surface area (Å²) in [5.41, 5.74) is -0.917. The van der Waals surface area contributed by atoms with Crippen LogP contribution in [0.25, 0.3) is 0 Å². The van der Waals surface area contributed by atoms with Crippen LogP contribution in [-0.2, 0) is 14.6 Å². The van der Waals surface area contributed by atoms with Crippen LogP contribution >= 0.6 is 0 Å². The van der Waals surface area contributed by atoms with Gasteiger partial charge in [0.25, 0.3) is 0 Å². The molecule has 0 bridgehead atoms. The number of hydrogen-bond acceptors (Lipinski definition) is 3. The molecule has 0 aromatic carbocycles. The summed E-state index contributed by atoms with van der Waals surface area (Å²) in [6, 6.07) is 0. The lowest BCUT2D eigenvalue weighted by Gasteiger charge is -2.30. The average Bonchev–Trinajstić information content (AvgIpc) is 2.26. The van der Waals surface area contributed by atoms with E-state index in [1.807, 2.05) is 0 Å². The topological polar surface area (TPSA) is 55.8 Å². The third-order valence-electron chi connectivity index (χ3n) is 2.84. The average molecular weight is 304 g/mol. The van der Waals surface area contributed by atoms with E-state index < -0.39 is 11.4 Å². The van der Waals surface area contributed by atoms with Crippen molar-refractivity contribution in [1.82, 2.24) is 0 Å². The maximum absolute atomic E-state index is 10.0. The van der Waals surface area contributed by atoms with Crippen LogP contribution in [0.3, 0.4) is 0 Å². The molecule has 0 amide bonds. The summed E-state index contributed by atoms with van der Waals surface area (Å²) in [7, 11) is 0. The van der Waals surface area contributed by atoms with Crippen molar-refractivity contribution in [3.05, 3.63) is 0 Å². The van der Waals surface area contributed by atoms with E-state index in [1.54, 1.807) is 20.8 Å². The minimum Gasteiger partial charge on any atom is -0.481 e. The van der Waals surface area contributed by atoms with Gasteiger partial charge in [0, 0.05) is 0 Å². The van der Waals surface area contributed by atoms with Crippen LogP contribution in [0.2, 0.25) is 0 Å². The van der Waals surface area contributed by atoms with E-state index in [4.69, 9.17) is 14.9 Å². The van der Waals surface area contributed by atoms with Gasteiger partial charge in [-0.25, -0.2) is 9.78 Å². The van der Waals surface area contributed by atoms with Crippen LogP contribution in [-0.4, -0.2) is 22.3 Å². The first-order valence-corrected chi connectivity index (χ1v) is 7.87. The predicted molar refractivity (Wildman–Crippen MR) is 87.2 cm³/mol.